The van der Waals surface area contributed by atoms with Gasteiger partial charge in [0.25, 0.3) is 0 Å². The molecule has 0 aromatic rings. The minimum absolute atomic E-state index is 0. The number of hydrogen-bond donors (Lipinski definition) is 2. The minimum Gasteiger partial charge on any atom is -1.00 e. The van der Waals surface area contributed by atoms with Crippen molar-refractivity contribution in [2.45, 2.75) is 6.10 Å². The molecule has 0 fully saturated rings. The minimum atomic E-state index is -0.369. The highest BCUT2D eigenvalue weighted by atomic mass is 35.5. The Bertz CT molecular complexity index is 85.1. The molecule has 0 aromatic heterocycles. The van der Waals surface area contributed by atoms with E-state index in [0.717, 1.165) is 4.48 Å². The van der Waals surface area contributed by atoms with Gasteiger partial charge in [0.15, 0.2) is 0 Å². The molecule has 0 aliphatic carbocycles. The Labute approximate surface area is 79.9 Å². The first kappa shape index (κ1) is 17.5. The van der Waals surface area contributed by atoms with Gasteiger partial charge in [-0.2, -0.15) is 0 Å². The van der Waals surface area contributed by atoms with Crippen molar-refractivity contribution in [1.29, 1.82) is 0 Å². The summed E-state index contributed by atoms with van der Waals surface area (Å²) in [6, 6.07) is 0. The summed E-state index contributed by atoms with van der Waals surface area (Å²) in [6.45, 7) is 0.712. The summed E-state index contributed by atoms with van der Waals surface area (Å²) in [6.07, 6.45) is -0.369. The van der Waals surface area contributed by atoms with Gasteiger partial charge in [-0.05, 0) is 0 Å². The Hall–Kier alpha value is 0.460. The van der Waals surface area contributed by atoms with Crippen LogP contribution >= 0.6 is 11.6 Å². The fourth-order valence-electron chi connectivity index (χ4n) is 0.681. The van der Waals surface area contributed by atoms with Crippen LogP contribution < -0.4 is 18.6 Å². The summed E-state index contributed by atoms with van der Waals surface area (Å²) in [5.74, 6) is 0.329. The quantitative estimate of drug-likeness (QED) is 0.394. The highest BCUT2D eigenvalue weighted by molar-refractivity contribution is 6.18. The molecule has 3 nitrogen and oxygen atoms in total. The zero-order chi connectivity index (χ0) is 7.49. The van der Waals surface area contributed by atoms with Gasteiger partial charge in [0, 0.05) is 0 Å². The summed E-state index contributed by atoms with van der Waals surface area (Å²) in [5.41, 5.74) is 0. The Balaban J connectivity index is -0.000000320. The smallest absolute Gasteiger partial charge is 0.116 e. The van der Waals surface area contributed by atoms with E-state index in [-0.39, 0.29) is 24.7 Å². The number of likely N-dealkylation sites (N-methyl/N-ethyl adjacent to an activating group) is 1. The summed E-state index contributed by atoms with van der Waals surface area (Å²) in [4.78, 5) is 0. The zero-order valence-corrected chi connectivity index (χ0v) is 8.86. The summed E-state index contributed by atoms with van der Waals surface area (Å²) < 4.78 is 0.758. The maximum atomic E-state index is 9.05. The van der Waals surface area contributed by atoms with Crippen LogP contribution in [0.3, 0.4) is 0 Å². The van der Waals surface area contributed by atoms with E-state index in [4.69, 9.17) is 16.7 Å². The van der Waals surface area contributed by atoms with Crippen molar-refractivity contribution in [2.24, 2.45) is 0 Å². The largest absolute Gasteiger partial charge is 1.00 e. The van der Waals surface area contributed by atoms with Gasteiger partial charge in [-0.3, -0.25) is 0 Å². The lowest BCUT2D eigenvalue weighted by molar-refractivity contribution is -0.873. The topological polar surface area (TPSA) is 55.2 Å². The molecule has 0 radical (unpaired) electrons. The van der Waals surface area contributed by atoms with Gasteiger partial charge in [0.05, 0.1) is 27.0 Å². The Kier molecular flexibility index (Phi) is 11.4. The molecule has 11 heavy (non-hydrogen) atoms. The standard InChI is InChI=1S/C6H15ClNO.ClH.H3N/c1-8(2,3)5-6(9)4-7;;/h6,9H,4-5H2,1-3H3;1H;1H3/q+1;;/p-1. The SMILES string of the molecule is C[N+](C)(C)CC(O)CCl.N.[Cl-]. The van der Waals surface area contributed by atoms with Gasteiger partial charge in [0.2, 0.25) is 0 Å². The Morgan fingerprint density at radius 1 is 1.36 bits per heavy atom. The van der Waals surface area contributed by atoms with E-state index in [1.807, 2.05) is 21.1 Å². The highest BCUT2D eigenvalue weighted by Gasteiger charge is 2.13. The van der Waals surface area contributed by atoms with E-state index >= 15 is 0 Å². The summed E-state index contributed by atoms with van der Waals surface area (Å²) in [5, 5.41) is 9.05. The van der Waals surface area contributed by atoms with Crippen molar-refractivity contribution in [3.63, 3.8) is 0 Å². The molecule has 4 N–H and O–H groups in total. The highest BCUT2D eigenvalue weighted by Crippen LogP contribution is 1.95. The summed E-state index contributed by atoms with van der Waals surface area (Å²) in [7, 11) is 6.07. The number of quaternary nitrogens is 1. The molecule has 0 rings (SSSR count). The van der Waals surface area contributed by atoms with Gasteiger partial charge in [-0.25, -0.2) is 0 Å². The first-order valence-corrected chi connectivity index (χ1v) is 3.53. The number of halogens is 2. The van der Waals surface area contributed by atoms with Crippen molar-refractivity contribution in [1.82, 2.24) is 6.15 Å². The van der Waals surface area contributed by atoms with E-state index in [9.17, 15) is 0 Å². The second kappa shape index (κ2) is 7.13. The first-order chi connectivity index (χ1) is 3.95. The van der Waals surface area contributed by atoms with E-state index < -0.39 is 0 Å². The van der Waals surface area contributed by atoms with Gasteiger partial charge < -0.3 is 28.1 Å². The van der Waals surface area contributed by atoms with Crippen LogP contribution in [0.15, 0.2) is 0 Å². The van der Waals surface area contributed by atoms with E-state index in [1.54, 1.807) is 0 Å². The maximum Gasteiger partial charge on any atom is 0.116 e. The van der Waals surface area contributed by atoms with Crippen molar-refractivity contribution >= 4 is 11.6 Å². The molecule has 0 saturated heterocycles. The van der Waals surface area contributed by atoms with E-state index in [1.165, 1.54) is 0 Å². The number of nitrogens with zero attached hydrogens (tertiary/aromatic N) is 1. The van der Waals surface area contributed by atoms with Crippen LogP contribution in [0.1, 0.15) is 0 Å². The average Bonchev–Trinajstić information content (AvgIpc) is 1.62. The van der Waals surface area contributed by atoms with Crippen LogP contribution in [0.2, 0.25) is 0 Å². The molecule has 1 unspecified atom stereocenters. The lowest BCUT2D eigenvalue weighted by atomic mass is 10.3. The second-order valence-electron chi connectivity index (χ2n) is 3.28. The molecule has 0 amide bonds. The fourth-order valence-corrected chi connectivity index (χ4v) is 0.779. The van der Waals surface area contributed by atoms with Crippen LogP contribution in [0.5, 0.6) is 0 Å². The molecule has 0 saturated carbocycles. The van der Waals surface area contributed by atoms with Crippen molar-refractivity contribution < 1.29 is 22.0 Å². The van der Waals surface area contributed by atoms with Crippen LogP contribution in [0.25, 0.3) is 0 Å². The predicted octanol–water partition coefficient (Wildman–Crippen LogP) is -2.54. The van der Waals surface area contributed by atoms with Crippen LogP contribution in [-0.2, 0) is 0 Å². The van der Waals surface area contributed by atoms with Crippen molar-refractivity contribution in [2.75, 3.05) is 33.6 Å². The van der Waals surface area contributed by atoms with Crippen LogP contribution in [-0.4, -0.2) is 49.3 Å². The number of hydrogen-bond acceptors (Lipinski definition) is 2. The molecule has 0 aliphatic heterocycles. The molecule has 0 heterocycles. The molecule has 1 atom stereocenters. The number of alkyl halides is 1. The molecule has 0 aliphatic rings. The Morgan fingerprint density at radius 2 is 1.73 bits per heavy atom. The van der Waals surface area contributed by atoms with E-state index in [2.05, 4.69) is 0 Å². The predicted molar refractivity (Wildman–Crippen MR) is 44.6 cm³/mol. The Morgan fingerprint density at radius 3 is 1.82 bits per heavy atom. The molecule has 0 spiro atoms. The molecule has 0 aromatic carbocycles. The molecular formula is C6H18Cl2N2O. The van der Waals surface area contributed by atoms with Gasteiger partial charge in [0.1, 0.15) is 12.6 Å². The molecule has 5 heteroatoms. The summed E-state index contributed by atoms with van der Waals surface area (Å²) >= 11 is 5.40. The first-order valence-electron chi connectivity index (χ1n) is 3.00. The lowest BCUT2D eigenvalue weighted by Crippen LogP contribution is -3.00. The molecule has 72 valence electrons. The monoisotopic (exact) mass is 204 g/mol. The third-order valence-electron chi connectivity index (χ3n) is 0.937. The van der Waals surface area contributed by atoms with Crippen molar-refractivity contribution in [3.05, 3.63) is 0 Å². The molecule has 0 bridgehead atoms. The van der Waals surface area contributed by atoms with Crippen LogP contribution in [0, 0.1) is 0 Å². The van der Waals surface area contributed by atoms with E-state index in [0.29, 0.717) is 12.4 Å². The van der Waals surface area contributed by atoms with Crippen LogP contribution in [0.4, 0.5) is 0 Å². The lowest BCUT2D eigenvalue weighted by Gasteiger charge is -2.25. The number of rotatable bonds is 3. The molecular weight excluding hydrogens is 187 g/mol. The number of aliphatic hydroxyl groups is 1. The van der Waals surface area contributed by atoms with Gasteiger partial charge in [-0.15, -0.1) is 11.6 Å². The number of aliphatic hydroxyl groups excluding tert-OH is 1. The zero-order valence-electron chi connectivity index (χ0n) is 7.35. The van der Waals surface area contributed by atoms with Crippen molar-refractivity contribution in [3.8, 4) is 0 Å². The van der Waals surface area contributed by atoms with Gasteiger partial charge in [-0.1, -0.05) is 0 Å². The third kappa shape index (κ3) is 13.5. The maximum absolute atomic E-state index is 9.05. The average molecular weight is 205 g/mol. The van der Waals surface area contributed by atoms with Gasteiger partial charge >= 0.3 is 0 Å². The second-order valence-corrected chi connectivity index (χ2v) is 3.59. The third-order valence-corrected chi connectivity index (χ3v) is 1.29. The fraction of sp³-hybridized carbons (Fsp3) is 1.00. The normalized spacial score (nSPS) is 12.8.